The van der Waals surface area contributed by atoms with Crippen LogP contribution >= 0.6 is 0 Å². The highest BCUT2D eigenvalue weighted by Crippen LogP contribution is 2.35. The number of rotatable bonds is 3. The van der Waals surface area contributed by atoms with Gasteiger partial charge in [-0.2, -0.15) is 0 Å². The molecule has 0 unspecified atom stereocenters. The SMILES string of the molecule is Cc1ccc(-n2nnc(CO)c2C2CCCCC2)c(C)c1. The number of nitrogens with zero attached hydrogens (tertiary/aromatic N) is 3. The van der Waals surface area contributed by atoms with Crippen LogP contribution < -0.4 is 0 Å². The van der Waals surface area contributed by atoms with Gasteiger partial charge in [0, 0.05) is 5.92 Å². The Hall–Kier alpha value is -1.68. The smallest absolute Gasteiger partial charge is 0.112 e. The molecule has 1 aromatic heterocycles. The second kappa shape index (κ2) is 5.98. The van der Waals surface area contributed by atoms with E-state index in [1.165, 1.54) is 43.2 Å². The van der Waals surface area contributed by atoms with Gasteiger partial charge >= 0.3 is 0 Å². The molecule has 21 heavy (non-hydrogen) atoms. The lowest BCUT2D eigenvalue weighted by molar-refractivity contribution is 0.273. The zero-order chi connectivity index (χ0) is 14.8. The summed E-state index contributed by atoms with van der Waals surface area (Å²) in [5.74, 6) is 0.469. The maximum Gasteiger partial charge on any atom is 0.112 e. The van der Waals surface area contributed by atoms with Gasteiger partial charge in [-0.05, 0) is 38.3 Å². The standard InChI is InChI=1S/C17H23N3O/c1-12-8-9-16(13(2)10-12)20-17(15(11-21)18-19-20)14-6-4-3-5-7-14/h8-10,14,21H,3-7,11H2,1-2H3. The van der Waals surface area contributed by atoms with Gasteiger partial charge < -0.3 is 5.11 Å². The first kappa shape index (κ1) is 14.3. The van der Waals surface area contributed by atoms with Crippen LogP contribution in [-0.2, 0) is 6.61 Å². The van der Waals surface area contributed by atoms with Crippen molar-refractivity contribution >= 4 is 0 Å². The molecule has 1 aromatic carbocycles. The molecule has 2 aromatic rings. The van der Waals surface area contributed by atoms with E-state index in [9.17, 15) is 5.11 Å². The van der Waals surface area contributed by atoms with E-state index in [-0.39, 0.29) is 6.61 Å². The van der Waals surface area contributed by atoms with E-state index in [0.29, 0.717) is 5.92 Å². The van der Waals surface area contributed by atoms with Crippen molar-refractivity contribution in [2.45, 2.75) is 58.5 Å². The highest BCUT2D eigenvalue weighted by molar-refractivity contribution is 5.43. The fraction of sp³-hybridized carbons (Fsp3) is 0.529. The van der Waals surface area contributed by atoms with Crippen molar-refractivity contribution in [3.63, 3.8) is 0 Å². The van der Waals surface area contributed by atoms with Crippen LogP contribution in [0.15, 0.2) is 18.2 Å². The maximum absolute atomic E-state index is 9.61. The summed E-state index contributed by atoms with van der Waals surface area (Å²) in [6.45, 7) is 4.17. The topological polar surface area (TPSA) is 50.9 Å². The molecule has 4 heteroatoms. The van der Waals surface area contributed by atoms with E-state index in [1.54, 1.807) is 0 Å². The van der Waals surface area contributed by atoms with Crippen LogP contribution in [0.25, 0.3) is 5.69 Å². The van der Waals surface area contributed by atoms with E-state index in [4.69, 9.17) is 0 Å². The molecule has 0 atom stereocenters. The van der Waals surface area contributed by atoms with Crippen molar-refractivity contribution in [3.8, 4) is 5.69 Å². The van der Waals surface area contributed by atoms with E-state index in [0.717, 1.165) is 17.1 Å². The largest absolute Gasteiger partial charge is 0.390 e. The molecule has 1 aliphatic rings. The first-order valence-corrected chi connectivity index (χ1v) is 7.83. The maximum atomic E-state index is 9.61. The average molecular weight is 285 g/mol. The fourth-order valence-corrected chi connectivity index (χ4v) is 3.44. The Labute approximate surface area is 125 Å². The van der Waals surface area contributed by atoms with E-state index in [1.807, 2.05) is 4.68 Å². The van der Waals surface area contributed by atoms with Crippen LogP contribution in [-0.4, -0.2) is 20.1 Å². The molecule has 3 rings (SSSR count). The minimum Gasteiger partial charge on any atom is -0.390 e. The van der Waals surface area contributed by atoms with Crippen LogP contribution in [0.4, 0.5) is 0 Å². The van der Waals surface area contributed by atoms with Crippen LogP contribution in [0.2, 0.25) is 0 Å². The molecule has 0 spiro atoms. The van der Waals surface area contributed by atoms with Crippen molar-refractivity contribution in [3.05, 3.63) is 40.7 Å². The average Bonchev–Trinajstić information content (AvgIpc) is 2.92. The molecule has 0 aliphatic heterocycles. The van der Waals surface area contributed by atoms with Crippen molar-refractivity contribution in [1.82, 2.24) is 15.0 Å². The summed E-state index contributed by atoms with van der Waals surface area (Å²) in [5, 5.41) is 18.1. The number of aliphatic hydroxyl groups is 1. The molecule has 1 aliphatic carbocycles. The summed E-state index contributed by atoms with van der Waals surface area (Å²) in [5.41, 5.74) is 5.37. The number of aryl methyl sites for hydroxylation is 2. The lowest BCUT2D eigenvalue weighted by atomic mass is 9.86. The van der Waals surface area contributed by atoms with Crippen LogP contribution in [0.5, 0.6) is 0 Å². The molecule has 0 radical (unpaired) electrons. The first-order valence-electron chi connectivity index (χ1n) is 7.83. The number of aromatic nitrogens is 3. The van der Waals surface area contributed by atoms with Crippen LogP contribution in [0.1, 0.15) is 60.5 Å². The summed E-state index contributed by atoms with van der Waals surface area (Å²) < 4.78 is 1.95. The Kier molecular flexibility index (Phi) is 4.06. The highest BCUT2D eigenvalue weighted by Gasteiger charge is 2.25. The minimum atomic E-state index is -0.0310. The van der Waals surface area contributed by atoms with Crippen molar-refractivity contribution in [2.75, 3.05) is 0 Å². The van der Waals surface area contributed by atoms with E-state index in [2.05, 4.69) is 42.4 Å². The minimum absolute atomic E-state index is 0.0310. The summed E-state index contributed by atoms with van der Waals surface area (Å²) in [7, 11) is 0. The van der Waals surface area contributed by atoms with Crippen LogP contribution in [0.3, 0.4) is 0 Å². The third-order valence-electron chi connectivity index (χ3n) is 4.50. The van der Waals surface area contributed by atoms with Gasteiger partial charge in [0.1, 0.15) is 5.69 Å². The summed E-state index contributed by atoms with van der Waals surface area (Å²) in [6.07, 6.45) is 6.17. The number of hydrogen-bond acceptors (Lipinski definition) is 3. The zero-order valence-corrected chi connectivity index (χ0v) is 12.8. The Balaban J connectivity index is 2.07. The molecule has 1 heterocycles. The predicted octanol–water partition coefficient (Wildman–Crippen LogP) is 3.42. The number of hydrogen-bond donors (Lipinski definition) is 1. The van der Waals surface area contributed by atoms with Crippen LogP contribution in [0, 0.1) is 13.8 Å². The zero-order valence-electron chi connectivity index (χ0n) is 12.8. The fourth-order valence-electron chi connectivity index (χ4n) is 3.44. The Morgan fingerprint density at radius 1 is 1.19 bits per heavy atom. The molecule has 1 saturated carbocycles. The van der Waals surface area contributed by atoms with Gasteiger partial charge in [-0.25, -0.2) is 4.68 Å². The molecule has 1 N–H and O–H groups in total. The second-order valence-electron chi connectivity index (χ2n) is 6.12. The van der Waals surface area contributed by atoms with Gasteiger partial charge in [0.2, 0.25) is 0 Å². The van der Waals surface area contributed by atoms with Crippen molar-refractivity contribution in [2.24, 2.45) is 0 Å². The summed E-state index contributed by atoms with van der Waals surface area (Å²) >= 11 is 0. The second-order valence-corrected chi connectivity index (χ2v) is 6.12. The van der Waals surface area contributed by atoms with Gasteiger partial charge in [0.25, 0.3) is 0 Å². The molecule has 0 amide bonds. The van der Waals surface area contributed by atoms with E-state index < -0.39 is 0 Å². The van der Waals surface area contributed by atoms with Gasteiger partial charge in [0.15, 0.2) is 0 Å². The quantitative estimate of drug-likeness (QED) is 0.940. The Morgan fingerprint density at radius 2 is 1.95 bits per heavy atom. The molecule has 4 nitrogen and oxygen atoms in total. The molecular formula is C17H23N3O. The number of aliphatic hydroxyl groups excluding tert-OH is 1. The lowest BCUT2D eigenvalue weighted by Crippen LogP contribution is -2.13. The van der Waals surface area contributed by atoms with Crippen molar-refractivity contribution in [1.29, 1.82) is 0 Å². The van der Waals surface area contributed by atoms with Crippen molar-refractivity contribution < 1.29 is 5.11 Å². The van der Waals surface area contributed by atoms with Gasteiger partial charge in [-0.1, -0.05) is 42.2 Å². The molecule has 1 fully saturated rings. The first-order chi connectivity index (χ1) is 10.2. The third kappa shape index (κ3) is 2.72. The summed E-state index contributed by atoms with van der Waals surface area (Å²) in [4.78, 5) is 0. The molecule has 0 bridgehead atoms. The molecule has 112 valence electrons. The monoisotopic (exact) mass is 285 g/mol. The molecular weight excluding hydrogens is 262 g/mol. The highest BCUT2D eigenvalue weighted by atomic mass is 16.3. The third-order valence-corrected chi connectivity index (χ3v) is 4.50. The normalized spacial score (nSPS) is 16.3. The Bertz CT molecular complexity index is 627. The van der Waals surface area contributed by atoms with Gasteiger partial charge in [-0.15, -0.1) is 5.10 Å². The summed E-state index contributed by atoms with van der Waals surface area (Å²) in [6, 6.07) is 6.38. The molecule has 0 saturated heterocycles. The number of benzene rings is 1. The predicted molar refractivity (Wildman–Crippen MR) is 82.6 cm³/mol. The Morgan fingerprint density at radius 3 is 2.62 bits per heavy atom. The van der Waals surface area contributed by atoms with Gasteiger partial charge in [-0.3, -0.25) is 0 Å². The van der Waals surface area contributed by atoms with E-state index >= 15 is 0 Å². The van der Waals surface area contributed by atoms with Gasteiger partial charge in [0.05, 0.1) is 18.0 Å². The lowest BCUT2D eigenvalue weighted by Gasteiger charge is -2.23.